The Morgan fingerprint density at radius 1 is 0.920 bits per heavy atom. The van der Waals surface area contributed by atoms with Crippen molar-refractivity contribution in [3.8, 4) is 0 Å². The SMILES string of the molecule is CN1C(=O)N(C)C2C(F)(OC2(c2ccccc2)c2ccccc2)C1=O. The van der Waals surface area contributed by atoms with Crippen LogP contribution in [0.1, 0.15) is 11.1 Å². The van der Waals surface area contributed by atoms with Crippen LogP contribution < -0.4 is 0 Å². The number of amides is 3. The zero-order chi connectivity index (χ0) is 17.8. The number of hydrogen-bond donors (Lipinski definition) is 0. The summed E-state index contributed by atoms with van der Waals surface area (Å²) in [6.45, 7) is 0. The predicted molar refractivity (Wildman–Crippen MR) is 88.3 cm³/mol. The second-order valence-corrected chi connectivity index (χ2v) is 6.37. The molecule has 3 amide bonds. The second kappa shape index (κ2) is 5.13. The van der Waals surface area contributed by atoms with Gasteiger partial charge in [0.05, 0.1) is 0 Å². The number of ether oxygens (including phenoxy) is 1. The van der Waals surface area contributed by atoms with E-state index in [2.05, 4.69) is 0 Å². The van der Waals surface area contributed by atoms with Gasteiger partial charge in [-0.25, -0.2) is 4.79 Å². The van der Waals surface area contributed by atoms with Crippen molar-refractivity contribution >= 4 is 11.9 Å². The molecule has 2 saturated heterocycles. The first-order valence-corrected chi connectivity index (χ1v) is 7.98. The van der Waals surface area contributed by atoms with Crippen LogP contribution in [0.25, 0.3) is 0 Å². The number of benzene rings is 2. The van der Waals surface area contributed by atoms with Crippen molar-refractivity contribution in [2.45, 2.75) is 17.5 Å². The zero-order valence-corrected chi connectivity index (χ0v) is 13.8. The number of likely N-dealkylation sites (N-methyl/N-ethyl adjacent to an activating group) is 2. The molecule has 2 aromatic carbocycles. The molecule has 5 nitrogen and oxygen atoms in total. The Morgan fingerprint density at radius 2 is 1.40 bits per heavy atom. The average Bonchev–Trinajstić information content (AvgIpc) is 2.64. The van der Waals surface area contributed by atoms with Crippen molar-refractivity contribution in [1.29, 1.82) is 0 Å². The number of nitrogens with zero attached hydrogens (tertiary/aromatic N) is 2. The van der Waals surface area contributed by atoms with Gasteiger partial charge in [0.1, 0.15) is 11.6 Å². The molecule has 2 heterocycles. The summed E-state index contributed by atoms with van der Waals surface area (Å²) in [5.74, 6) is -3.54. The molecule has 4 rings (SSSR count). The van der Waals surface area contributed by atoms with Crippen LogP contribution in [0, 0.1) is 0 Å². The maximum absolute atomic E-state index is 15.5. The molecule has 0 N–H and O–H groups in total. The Morgan fingerprint density at radius 3 is 1.88 bits per heavy atom. The number of fused-ring (bicyclic) bond motifs is 1. The quantitative estimate of drug-likeness (QED) is 0.844. The topological polar surface area (TPSA) is 49.9 Å². The third-order valence-electron chi connectivity index (χ3n) is 5.02. The molecule has 0 saturated carbocycles. The van der Waals surface area contributed by atoms with E-state index >= 15 is 4.39 Å². The van der Waals surface area contributed by atoms with E-state index in [1.807, 2.05) is 60.7 Å². The van der Waals surface area contributed by atoms with E-state index in [0.29, 0.717) is 11.1 Å². The summed E-state index contributed by atoms with van der Waals surface area (Å²) in [5, 5.41) is 0. The number of carbonyl (C=O) groups excluding carboxylic acids is 2. The number of carbonyl (C=O) groups is 2. The van der Waals surface area contributed by atoms with Crippen LogP contribution in [0.4, 0.5) is 9.18 Å². The lowest BCUT2D eigenvalue weighted by atomic mass is 9.70. The number of rotatable bonds is 2. The predicted octanol–water partition coefficient (Wildman–Crippen LogP) is 2.52. The summed E-state index contributed by atoms with van der Waals surface area (Å²) >= 11 is 0. The molecule has 2 unspecified atom stereocenters. The first kappa shape index (κ1) is 15.8. The van der Waals surface area contributed by atoms with E-state index in [9.17, 15) is 9.59 Å². The molecule has 2 aliphatic rings. The number of alkyl halides is 1. The summed E-state index contributed by atoms with van der Waals surface area (Å²) in [6.07, 6.45) is 0. The molecule has 6 heteroatoms. The van der Waals surface area contributed by atoms with E-state index in [4.69, 9.17) is 4.74 Å². The van der Waals surface area contributed by atoms with Gasteiger partial charge in [-0.2, -0.15) is 4.39 Å². The van der Waals surface area contributed by atoms with Crippen LogP contribution in [0.2, 0.25) is 0 Å². The first-order chi connectivity index (χ1) is 11.9. The van der Waals surface area contributed by atoms with E-state index in [1.54, 1.807) is 0 Å². The standard InChI is InChI=1S/C19H17FN2O3/c1-21-15-18(13-9-5-3-6-10-13,14-11-7-4-8-12-14)25-19(15,20)16(23)22(2)17(21)24/h3-12,15H,1-2H3. The summed E-state index contributed by atoms with van der Waals surface area (Å²) in [7, 11) is 2.75. The lowest BCUT2D eigenvalue weighted by Crippen LogP contribution is -2.83. The highest BCUT2D eigenvalue weighted by Gasteiger charge is 2.77. The minimum atomic E-state index is -2.57. The monoisotopic (exact) mass is 340 g/mol. The molecule has 0 spiro atoms. The van der Waals surface area contributed by atoms with Crippen molar-refractivity contribution in [3.05, 3.63) is 71.8 Å². The number of hydrogen-bond acceptors (Lipinski definition) is 3. The van der Waals surface area contributed by atoms with Gasteiger partial charge in [0.2, 0.25) is 0 Å². The van der Waals surface area contributed by atoms with Crippen LogP contribution in [0.5, 0.6) is 0 Å². The highest BCUT2D eigenvalue weighted by molar-refractivity contribution is 6.02. The minimum absolute atomic E-state index is 0.553. The Balaban J connectivity index is 1.93. The normalized spacial score (nSPS) is 27.7. The molecule has 0 bridgehead atoms. The van der Waals surface area contributed by atoms with E-state index < -0.39 is 29.4 Å². The van der Waals surface area contributed by atoms with Gasteiger partial charge in [-0.3, -0.25) is 9.69 Å². The van der Waals surface area contributed by atoms with Gasteiger partial charge in [0.25, 0.3) is 5.91 Å². The van der Waals surface area contributed by atoms with Gasteiger partial charge in [-0.15, -0.1) is 0 Å². The first-order valence-electron chi connectivity index (χ1n) is 7.98. The summed E-state index contributed by atoms with van der Waals surface area (Å²) in [6, 6.07) is 16.6. The van der Waals surface area contributed by atoms with Crippen LogP contribution in [-0.2, 0) is 15.1 Å². The van der Waals surface area contributed by atoms with Crippen LogP contribution in [0.3, 0.4) is 0 Å². The van der Waals surface area contributed by atoms with Gasteiger partial charge >= 0.3 is 11.9 Å². The van der Waals surface area contributed by atoms with Crippen molar-refractivity contribution in [2.24, 2.45) is 0 Å². The fourth-order valence-electron chi connectivity index (χ4n) is 3.87. The molecule has 128 valence electrons. The molecular weight excluding hydrogens is 323 g/mol. The maximum atomic E-state index is 15.5. The third-order valence-corrected chi connectivity index (χ3v) is 5.02. The summed E-state index contributed by atoms with van der Waals surface area (Å²) in [4.78, 5) is 26.8. The molecule has 2 aromatic rings. The van der Waals surface area contributed by atoms with E-state index in [0.717, 1.165) is 4.90 Å². The van der Waals surface area contributed by atoms with Crippen molar-refractivity contribution in [1.82, 2.24) is 9.80 Å². The minimum Gasteiger partial charge on any atom is -0.318 e. The molecule has 2 fully saturated rings. The summed E-state index contributed by atoms with van der Waals surface area (Å²) < 4.78 is 21.2. The van der Waals surface area contributed by atoms with Gasteiger partial charge < -0.3 is 9.64 Å². The highest BCUT2D eigenvalue weighted by Crippen LogP contribution is 2.57. The molecule has 2 aliphatic heterocycles. The lowest BCUT2D eigenvalue weighted by Gasteiger charge is -2.62. The van der Waals surface area contributed by atoms with Gasteiger partial charge in [-0.05, 0) is 11.1 Å². The number of imide groups is 1. The second-order valence-electron chi connectivity index (χ2n) is 6.37. The summed E-state index contributed by atoms with van der Waals surface area (Å²) in [5.41, 5.74) is 0.145. The van der Waals surface area contributed by atoms with Crippen LogP contribution >= 0.6 is 0 Å². The average molecular weight is 340 g/mol. The maximum Gasteiger partial charge on any atom is 0.326 e. The Kier molecular flexibility index (Phi) is 3.24. The number of halogens is 1. The van der Waals surface area contributed by atoms with E-state index in [-0.39, 0.29) is 0 Å². The largest absolute Gasteiger partial charge is 0.326 e. The zero-order valence-electron chi connectivity index (χ0n) is 13.8. The van der Waals surface area contributed by atoms with E-state index in [1.165, 1.54) is 19.0 Å². The Labute approximate surface area is 144 Å². The van der Waals surface area contributed by atoms with Crippen LogP contribution in [0.15, 0.2) is 60.7 Å². The molecule has 0 aliphatic carbocycles. The van der Waals surface area contributed by atoms with Crippen LogP contribution in [-0.4, -0.2) is 47.7 Å². The van der Waals surface area contributed by atoms with Gasteiger partial charge in [0, 0.05) is 14.1 Å². The molecular formula is C19H17FN2O3. The third kappa shape index (κ3) is 1.85. The van der Waals surface area contributed by atoms with Gasteiger partial charge in [0.15, 0.2) is 0 Å². The molecule has 0 aromatic heterocycles. The van der Waals surface area contributed by atoms with Gasteiger partial charge in [-0.1, -0.05) is 60.7 Å². The Bertz CT molecular complexity index is 803. The molecule has 0 radical (unpaired) electrons. The Hall–Kier alpha value is -2.73. The van der Waals surface area contributed by atoms with Crippen molar-refractivity contribution in [2.75, 3.05) is 14.1 Å². The van der Waals surface area contributed by atoms with Crippen molar-refractivity contribution < 1.29 is 18.7 Å². The highest BCUT2D eigenvalue weighted by atomic mass is 19.2. The molecule has 2 atom stereocenters. The smallest absolute Gasteiger partial charge is 0.318 e. The van der Waals surface area contributed by atoms with Crippen molar-refractivity contribution in [3.63, 3.8) is 0 Å². The lowest BCUT2D eigenvalue weighted by molar-refractivity contribution is -0.352. The number of urea groups is 1. The fourth-order valence-corrected chi connectivity index (χ4v) is 3.87. The fraction of sp³-hybridized carbons (Fsp3) is 0.263. The molecule has 25 heavy (non-hydrogen) atoms.